The number of nitro benzene ring substituents is 1. The van der Waals surface area contributed by atoms with E-state index in [-0.39, 0.29) is 12.3 Å². The highest BCUT2D eigenvalue weighted by Gasteiger charge is 2.11. The molecule has 0 unspecified atom stereocenters. The van der Waals surface area contributed by atoms with Gasteiger partial charge in [-0.25, -0.2) is 0 Å². The third kappa shape index (κ3) is 4.06. The van der Waals surface area contributed by atoms with Crippen LogP contribution in [-0.2, 0) is 6.61 Å². The summed E-state index contributed by atoms with van der Waals surface area (Å²) >= 11 is 5.83. The predicted molar refractivity (Wildman–Crippen MR) is 80.8 cm³/mol. The van der Waals surface area contributed by atoms with E-state index in [0.29, 0.717) is 22.9 Å². The number of pyridine rings is 1. The quantitative estimate of drug-likeness (QED) is 0.651. The Hall–Kier alpha value is -2.34. The molecule has 0 fully saturated rings. The average molecular weight is 308 g/mol. The highest BCUT2D eigenvalue weighted by molar-refractivity contribution is 6.30. The van der Waals surface area contributed by atoms with Gasteiger partial charge in [-0.15, -0.1) is 0 Å². The summed E-state index contributed by atoms with van der Waals surface area (Å²) in [6.45, 7) is 2.85. The lowest BCUT2D eigenvalue weighted by Crippen LogP contribution is -2.05. The van der Waals surface area contributed by atoms with Crippen LogP contribution in [0.3, 0.4) is 0 Å². The average Bonchev–Trinajstić information content (AvgIpc) is 2.46. The molecule has 1 aromatic carbocycles. The topological polar surface area (TPSA) is 77.3 Å². The molecule has 6 nitrogen and oxygen atoms in total. The first-order chi connectivity index (χ1) is 10.1. The first kappa shape index (κ1) is 15.1. The monoisotopic (exact) mass is 307 g/mol. The predicted octanol–water partition coefficient (Wildman–Crippen LogP) is 3.65. The minimum atomic E-state index is -0.430. The Bertz CT molecular complexity index is 649. The molecule has 0 atom stereocenters. The Morgan fingerprint density at radius 3 is 2.86 bits per heavy atom. The van der Waals surface area contributed by atoms with Gasteiger partial charge >= 0.3 is 0 Å². The van der Waals surface area contributed by atoms with E-state index in [4.69, 9.17) is 16.3 Å². The SMILES string of the molecule is CCNc1ccc([N+](=O)[O-])cc1COc1cncc(Cl)c1. The van der Waals surface area contributed by atoms with Crippen molar-refractivity contribution in [3.8, 4) is 5.75 Å². The number of hydrogen-bond acceptors (Lipinski definition) is 5. The molecule has 0 saturated carbocycles. The number of ether oxygens (including phenoxy) is 1. The molecule has 0 aliphatic rings. The standard InChI is InChI=1S/C14H14ClN3O3/c1-2-17-14-4-3-12(18(19)20)5-10(14)9-21-13-6-11(15)7-16-8-13/h3-8,17H,2,9H2,1H3. The van der Waals surface area contributed by atoms with Crippen LogP contribution in [0.5, 0.6) is 5.75 Å². The summed E-state index contributed by atoms with van der Waals surface area (Å²) in [5, 5.41) is 14.5. The lowest BCUT2D eigenvalue weighted by molar-refractivity contribution is -0.384. The molecular weight excluding hydrogens is 294 g/mol. The van der Waals surface area contributed by atoms with Gasteiger partial charge in [0.15, 0.2) is 0 Å². The highest BCUT2D eigenvalue weighted by atomic mass is 35.5. The lowest BCUT2D eigenvalue weighted by Gasteiger charge is -2.12. The molecule has 0 bridgehead atoms. The minimum absolute atomic E-state index is 0.0273. The maximum absolute atomic E-state index is 10.9. The van der Waals surface area contributed by atoms with Crippen molar-refractivity contribution >= 4 is 23.0 Å². The van der Waals surface area contributed by atoms with Crippen molar-refractivity contribution in [3.63, 3.8) is 0 Å². The molecule has 21 heavy (non-hydrogen) atoms. The molecule has 0 aliphatic heterocycles. The number of nitrogens with one attached hydrogen (secondary N) is 1. The van der Waals surface area contributed by atoms with Crippen LogP contribution in [0.4, 0.5) is 11.4 Å². The van der Waals surface area contributed by atoms with Gasteiger partial charge < -0.3 is 10.1 Å². The number of anilines is 1. The maximum Gasteiger partial charge on any atom is 0.269 e. The van der Waals surface area contributed by atoms with Gasteiger partial charge in [0.2, 0.25) is 0 Å². The summed E-state index contributed by atoms with van der Waals surface area (Å²) < 4.78 is 5.59. The van der Waals surface area contributed by atoms with Crippen LogP contribution in [0.1, 0.15) is 12.5 Å². The number of hydrogen-bond donors (Lipinski definition) is 1. The minimum Gasteiger partial charge on any atom is -0.487 e. The fraction of sp³-hybridized carbons (Fsp3) is 0.214. The van der Waals surface area contributed by atoms with Gasteiger partial charge in [0, 0.05) is 42.2 Å². The molecular formula is C14H14ClN3O3. The van der Waals surface area contributed by atoms with Crippen molar-refractivity contribution in [1.82, 2.24) is 4.98 Å². The van der Waals surface area contributed by atoms with E-state index in [1.54, 1.807) is 12.1 Å². The summed E-state index contributed by atoms with van der Waals surface area (Å²) in [5.74, 6) is 0.511. The van der Waals surface area contributed by atoms with Gasteiger partial charge in [0.05, 0.1) is 16.1 Å². The second kappa shape index (κ2) is 6.90. The smallest absolute Gasteiger partial charge is 0.269 e. The lowest BCUT2D eigenvalue weighted by atomic mass is 10.1. The molecule has 2 aromatic rings. The summed E-state index contributed by atoms with van der Waals surface area (Å²) in [6.07, 6.45) is 3.04. The highest BCUT2D eigenvalue weighted by Crippen LogP contribution is 2.24. The van der Waals surface area contributed by atoms with Gasteiger partial charge in [-0.05, 0) is 13.0 Å². The normalized spacial score (nSPS) is 10.2. The summed E-state index contributed by atoms with van der Waals surface area (Å²) in [7, 11) is 0. The molecule has 1 heterocycles. The van der Waals surface area contributed by atoms with Gasteiger partial charge in [0.1, 0.15) is 12.4 Å². The van der Waals surface area contributed by atoms with Gasteiger partial charge in [0.25, 0.3) is 5.69 Å². The van der Waals surface area contributed by atoms with Crippen LogP contribution >= 0.6 is 11.6 Å². The zero-order valence-corrected chi connectivity index (χ0v) is 12.1. The van der Waals surface area contributed by atoms with Crippen LogP contribution < -0.4 is 10.1 Å². The molecule has 110 valence electrons. The second-order valence-corrected chi connectivity index (χ2v) is 4.69. The number of rotatable bonds is 6. The van der Waals surface area contributed by atoms with E-state index in [0.717, 1.165) is 5.69 Å². The van der Waals surface area contributed by atoms with E-state index in [9.17, 15) is 10.1 Å². The fourth-order valence-corrected chi connectivity index (χ4v) is 1.97. The van der Waals surface area contributed by atoms with E-state index in [1.165, 1.54) is 24.5 Å². The second-order valence-electron chi connectivity index (χ2n) is 4.26. The number of non-ortho nitro benzene ring substituents is 1. The van der Waals surface area contributed by atoms with Crippen molar-refractivity contribution in [2.24, 2.45) is 0 Å². The van der Waals surface area contributed by atoms with Crippen LogP contribution in [0.25, 0.3) is 0 Å². The number of halogens is 1. The Kier molecular flexibility index (Phi) is 4.94. The first-order valence-electron chi connectivity index (χ1n) is 6.34. The van der Waals surface area contributed by atoms with Crippen molar-refractivity contribution < 1.29 is 9.66 Å². The van der Waals surface area contributed by atoms with E-state index in [1.807, 2.05) is 6.92 Å². The van der Waals surface area contributed by atoms with E-state index in [2.05, 4.69) is 10.3 Å². The molecule has 1 N–H and O–H groups in total. The van der Waals surface area contributed by atoms with Crippen molar-refractivity contribution in [3.05, 3.63) is 57.4 Å². The molecule has 7 heteroatoms. The number of aromatic nitrogens is 1. The number of nitrogens with zero attached hydrogens (tertiary/aromatic N) is 2. The van der Waals surface area contributed by atoms with Gasteiger partial charge in [-0.2, -0.15) is 0 Å². The van der Waals surface area contributed by atoms with Gasteiger partial charge in [-0.1, -0.05) is 11.6 Å². The molecule has 0 radical (unpaired) electrons. The largest absolute Gasteiger partial charge is 0.487 e. The van der Waals surface area contributed by atoms with Crippen molar-refractivity contribution in [2.75, 3.05) is 11.9 Å². The van der Waals surface area contributed by atoms with E-state index >= 15 is 0 Å². The van der Waals surface area contributed by atoms with Crippen LogP contribution in [-0.4, -0.2) is 16.5 Å². The zero-order valence-electron chi connectivity index (χ0n) is 11.4. The van der Waals surface area contributed by atoms with Crippen molar-refractivity contribution in [2.45, 2.75) is 13.5 Å². The van der Waals surface area contributed by atoms with Crippen LogP contribution in [0, 0.1) is 10.1 Å². The molecule has 2 rings (SSSR count). The Morgan fingerprint density at radius 2 is 2.19 bits per heavy atom. The van der Waals surface area contributed by atoms with Gasteiger partial charge in [-0.3, -0.25) is 15.1 Å². The maximum atomic E-state index is 10.9. The molecule has 0 spiro atoms. The number of nitro groups is 1. The Morgan fingerprint density at radius 1 is 1.38 bits per heavy atom. The third-order valence-corrected chi connectivity index (χ3v) is 2.95. The van der Waals surface area contributed by atoms with Crippen LogP contribution in [0.2, 0.25) is 5.02 Å². The third-order valence-electron chi connectivity index (χ3n) is 2.74. The number of benzene rings is 1. The Labute approximate surface area is 126 Å². The molecule has 0 amide bonds. The fourth-order valence-electron chi connectivity index (χ4n) is 1.81. The summed E-state index contributed by atoms with van der Waals surface area (Å²) in [6, 6.07) is 6.27. The summed E-state index contributed by atoms with van der Waals surface area (Å²) in [5.41, 5.74) is 1.53. The summed E-state index contributed by atoms with van der Waals surface area (Å²) in [4.78, 5) is 14.3. The first-order valence-corrected chi connectivity index (χ1v) is 6.72. The van der Waals surface area contributed by atoms with E-state index < -0.39 is 4.92 Å². The van der Waals surface area contributed by atoms with Crippen molar-refractivity contribution in [1.29, 1.82) is 0 Å². The molecule has 1 aromatic heterocycles. The molecule has 0 aliphatic carbocycles. The van der Waals surface area contributed by atoms with Crippen LogP contribution in [0.15, 0.2) is 36.7 Å². The molecule has 0 saturated heterocycles. The zero-order chi connectivity index (χ0) is 15.2. The Balaban J connectivity index is 2.20.